The van der Waals surface area contributed by atoms with Crippen LogP contribution in [0.2, 0.25) is 0 Å². The van der Waals surface area contributed by atoms with E-state index in [1.807, 2.05) is 12.1 Å². The highest BCUT2D eigenvalue weighted by atomic mass is 15.1. The van der Waals surface area contributed by atoms with Gasteiger partial charge in [0.1, 0.15) is 12.0 Å². The first-order valence-corrected chi connectivity index (χ1v) is 4.59. The maximum Gasteiger partial charge on any atom is 0.116 e. The van der Waals surface area contributed by atoms with Gasteiger partial charge < -0.3 is 0 Å². The SMILES string of the molecule is CC(C)c1cc(-c2ccncn2)n[nH]1. The number of aromatic amines is 1. The summed E-state index contributed by atoms with van der Waals surface area (Å²) in [6.45, 7) is 4.24. The molecule has 0 radical (unpaired) electrons. The zero-order valence-corrected chi connectivity index (χ0v) is 8.23. The van der Waals surface area contributed by atoms with Gasteiger partial charge >= 0.3 is 0 Å². The molecule has 0 aromatic carbocycles. The van der Waals surface area contributed by atoms with E-state index in [9.17, 15) is 0 Å². The van der Waals surface area contributed by atoms with Crippen LogP contribution in [0.3, 0.4) is 0 Å². The Bertz CT molecular complexity index is 405. The average molecular weight is 188 g/mol. The predicted molar refractivity (Wildman–Crippen MR) is 53.7 cm³/mol. The monoisotopic (exact) mass is 188 g/mol. The first-order chi connectivity index (χ1) is 6.77. The molecule has 0 aliphatic carbocycles. The van der Waals surface area contributed by atoms with Gasteiger partial charge in [-0.15, -0.1) is 0 Å². The minimum absolute atomic E-state index is 0.457. The summed E-state index contributed by atoms with van der Waals surface area (Å²) in [5.41, 5.74) is 2.85. The highest BCUT2D eigenvalue weighted by Gasteiger charge is 2.06. The van der Waals surface area contributed by atoms with Gasteiger partial charge in [0.2, 0.25) is 0 Å². The summed E-state index contributed by atoms with van der Waals surface area (Å²) in [7, 11) is 0. The van der Waals surface area contributed by atoms with Crippen molar-refractivity contribution in [1.82, 2.24) is 20.2 Å². The first kappa shape index (κ1) is 8.87. The molecule has 0 unspecified atom stereocenters. The molecule has 2 aromatic heterocycles. The van der Waals surface area contributed by atoms with Gasteiger partial charge in [-0.2, -0.15) is 5.10 Å². The molecule has 4 heteroatoms. The van der Waals surface area contributed by atoms with E-state index in [0.717, 1.165) is 17.1 Å². The van der Waals surface area contributed by atoms with E-state index in [2.05, 4.69) is 34.0 Å². The second-order valence-electron chi connectivity index (χ2n) is 3.46. The van der Waals surface area contributed by atoms with Crippen molar-refractivity contribution in [2.45, 2.75) is 19.8 Å². The van der Waals surface area contributed by atoms with Gasteiger partial charge in [-0.05, 0) is 18.1 Å². The van der Waals surface area contributed by atoms with Gasteiger partial charge in [0.05, 0.1) is 5.69 Å². The summed E-state index contributed by atoms with van der Waals surface area (Å²) in [5, 5.41) is 7.19. The molecule has 2 aromatic rings. The van der Waals surface area contributed by atoms with Gasteiger partial charge in [-0.1, -0.05) is 13.8 Å². The summed E-state index contributed by atoms with van der Waals surface area (Å²) < 4.78 is 0. The van der Waals surface area contributed by atoms with E-state index in [0.29, 0.717) is 5.92 Å². The zero-order valence-electron chi connectivity index (χ0n) is 8.23. The third kappa shape index (κ3) is 1.64. The fourth-order valence-electron chi connectivity index (χ4n) is 1.21. The quantitative estimate of drug-likeness (QED) is 0.784. The topological polar surface area (TPSA) is 54.5 Å². The Hall–Kier alpha value is -1.71. The van der Waals surface area contributed by atoms with Gasteiger partial charge in [-0.25, -0.2) is 9.97 Å². The highest BCUT2D eigenvalue weighted by Crippen LogP contribution is 2.18. The largest absolute Gasteiger partial charge is 0.282 e. The lowest BCUT2D eigenvalue weighted by Gasteiger charge is -1.96. The Morgan fingerprint density at radius 2 is 2.14 bits per heavy atom. The molecule has 0 aliphatic heterocycles. The Morgan fingerprint density at radius 1 is 1.29 bits per heavy atom. The average Bonchev–Trinajstić information content (AvgIpc) is 2.68. The van der Waals surface area contributed by atoms with Crippen LogP contribution < -0.4 is 0 Å². The van der Waals surface area contributed by atoms with Crippen molar-refractivity contribution < 1.29 is 0 Å². The second kappa shape index (κ2) is 3.57. The van der Waals surface area contributed by atoms with Gasteiger partial charge in [0.15, 0.2) is 0 Å². The normalized spacial score (nSPS) is 10.8. The van der Waals surface area contributed by atoms with Crippen LogP contribution in [0.15, 0.2) is 24.7 Å². The van der Waals surface area contributed by atoms with Crippen molar-refractivity contribution in [1.29, 1.82) is 0 Å². The van der Waals surface area contributed by atoms with Crippen molar-refractivity contribution in [3.05, 3.63) is 30.4 Å². The number of aromatic nitrogens is 4. The molecule has 2 rings (SSSR count). The second-order valence-corrected chi connectivity index (χ2v) is 3.46. The van der Waals surface area contributed by atoms with Crippen LogP contribution in [0.25, 0.3) is 11.4 Å². The summed E-state index contributed by atoms with van der Waals surface area (Å²) in [6.07, 6.45) is 3.24. The number of H-pyrrole nitrogens is 1. The van der Waals surface area contributed by atoms with E-state index < -0.39 is 0 Å². The molecule has 0 saturated heterocycles. The smallest absolute Gasteiger partial charge is 0.116 e. The van der Waals surface area contributed by atoms with E-state index in [1.54, 1.807) is 6.20 Å². The van der Waals surface area contributed by atoms with Crippen molar-refractivity contribution in [2.75, 3.05) is 0 Å². The van der Waals surface area contributed by atoms with Crippen LogP contribution in [0, 0.1) is 0 Å². The van der Waals surface area contributed by atoms with Crippen LogP contribution in [-0.4, -0.2) is 20.2 Å². The minimum atomic E-state index is 0.457. The molecule has 0 spiro atoms. The Balaban J connectivity index is 2.34. The number of nitrogens with one attached hydrogen (secondary N) is 1. The number of hydrogen-bond acceptors (Lipinski definition) is 3. The molecular weight excluding hydrogens is 176 g/mol. The molecule has 0 saturated carbocycles. The van der Waals surface area contributed by atoms with Crippen LogP contribution in [0.5, 0.6) is 0 Å². The van der Waals surface area contributed by atoms with Crippen molar-refractivity contribution in [3.8, 4) is 11.4 Å². The maximum absolute atomic E-state index is 4.19. The van der Waals surface area contributed by atoms with Crippen LogP contribution in [0.4, 0.5) is 0 Å². The summed E-state index contributed by atoms with van der Waals surface area (Å²) in [4.78, 5) is 7.99. The molecule has 72 valence electrons. The van der Waals surface area contributed by atoms with Gasteiger partial charge in [0.25, 0.3) is 0 Å². The van der Waals surface area contributed by atoms with Crippen molar-refractivity contribution in [2.24, 2.45) is 0 Å². The zero-order chi connectivity index (χ0) is 9.97. The van der Waals surface area contributed by atoms with E-state index >= 15 is 0 Å². The number of rotatable bonds is 2. The standard InChI is InChI=1S/C10H12N4/c1-7(2)9-5-10(14-13-9)8-3-4-11-6-12-8/h3-7H,1-2H3,(H,13,14). The Labute approximate surface area is 82.4 Å². The molecule has 0 amide bonds. The van der Waals surface area contributed by atoms with E-state index in [-0.39, 0.29) is 0 Å². The predicted octanol–water partition coefficient (Wildman–Crippen LogP) is 1.99. The number of nitrogens with zero attached hydrogens (tertiary/aromatic N) is 3. The lowest BCUT2D eigenvalue weighted by molar-refractivity contribution is 0.810. The maximum atomic E-state index is 4.19. The molecule has 0 bridgehead atoms. The summed E-state index contributed by atoms with van der Waals surface area (Å²) in [5.74, 6) is 0.457. The van der Waals surface area contributed by atoms with Crippen LogP contribution in [0.1, 0.15) is 25.5 Å². The third-order valence-corrected chi connectivity index (χ3v) is 2.06. The lowest BCUT2D eigenvalue weighted by atomic mass is 10.1. The molecule has 2 heterocycles. The Morgan fingerprint density at radius 3 is 2.71 bits per heavy atom. The van der Waals surface area contributed by atoms with Gasteiger partial charge in [0, 0.05) is 11.9 Å². The molecule has 14 heavy (non-hydrogen) atoms. The fraction of sp³-hybridized carbons (Fsp3) is 0.300. The first-order valence-electron chi connectivity index (χ1n) is 4.59. The fourth-order valence-corrected chi connectivity index (χ4v) is 1.21. The minimum Gasteiger partial charge on any atom is -0.282 e. The molecule has 0 aliphatic rings. The van der Waals surface area contributed by atoms with Crippen molar-refractivity contribution >= 4 is 0 Å². The molecule has 1 N–H and O–H groups in total. The van der Waals surface area contributed by atoms with Crippen LogP contribution in [-0.2, 0) is 0 Å². The lowest BCUT2D eigenvalue weighted by Crippen LogP contribution is -1.85. The van der Waals surface area contributed by atoms with Crippen LogP contribution >= 0.6 is 0 Å². The molecule has 4 nitrogen and oxygen atoms in total. The summed E-state index contributed by atoms with van der Waals surface area (Å²) >= 11 is 0. The highest BCUT2D eigenvalue weighted by molar-refractivity contribution is 5.53. The summed E-state index contributed by atoms with van der Waals surface area (Å²) in [6, 6.07) is 3.87. The third-order valence-electron chi connectivity index (χ3n) is 2.06. The van der Waals surface area contributed by atoms with E-state index in [4.69, 9.17) is 0 Å². The molecule has 0 fully saturated rings. The van der Waals surface area contributed by atoms with E-state index in [1.165, 1.54) is 6.33 Å². The van der Waals surface area contributed by atoms with Crippen molar-refractivity contribution in [3.63, 3.8) is 0 Å². The molecular formula is C10H12N4. The molecule has 0 atom stereocenters. The Kier molecular flexibility index (Phi) is 2.26. The number of hydrogen-bond donors (Lipinski definition) is 1. The van der Waals surface area contributed by atoms with Gasteiger partial charge in [-0.3, -0.25) is 5.10 Å².